The third-order valence-electron chi connectivity index (χ3n) is 6.20. The van der Waals surface area contributed by atoms with Crippen molar-refractivity contribution in [2.24, 2.45) is 0 Å². The predicted molar refractivity (Wildman–Crippen MR) is 105 cm³/mol. The molecule has 2 heterocycles. The maximum atomic E-state index is 13.0. The van der Waals surface area contributed by atoms with Crippen LogP contribution in [0, 0.1) is 6.92 Å². The number of rotatable bonds is 5. The van der Waals surface area contributed by atoms with Gasteiger partial charge >= 0.3 is 0 Å². The normalized spacial score (nSPS) is 24.7. The monoisotopic (exact) mass is 371 g/mol. The minimum atomic E-state index is -0.705. The zero-order valence-corrected chi connectivity index (χ0v) is 15.9. The van der Waals surface area contributed by atoms with Gasteiger partial charge in [-0.2, -0.15) is 0 Å². The second-order valence-electron chi connectivity index (χ2n) is 8.22. The van der Waals surface area contributed by atoms with E-state index in [2.05, 4.69) is 16.4 Å². The summed E-state index contributed by atoms with van der Waals surface area (Å²) in [7, 11) is 0. The lowest BCUT2D eigenvalue weighted by atomic mass is 9.79. The van der Waals surface area contributed by atoms with Gasteiger partial charge in [0.15, 0.2) is 0 Å². The minimum absolute atomic E-state index is 0.0968. The maximum absolute atomic E-state index is 13.0. The van der Waals surface area contributed by atoms with Crippen molar-refractivity contribution in [2.75, 3.05) is 6.54 Å². The van der Waals surface area contributed by atoms with Crippen LogP contribution in [-0.4, -0.2) is 44.6 Å². The Morgan fingerprint density at radius 1 is 1.30 bits per heavy atom. The van der Waals surface area contributed by atoms with Crippen molar-refractivity contribution in [3.63, 3.8) is 0 Å². The maximum Gasteiger partial charge on any atom is 0.261 e. The summed E-state index contributed by atoms with van der Waals surface area (Å²) in [5, 5.41) is 24.4. The fourth-order valence-electron chi connectivity index (χ4n) is 4.35. The highest BCUT2D eigenvalue weighted by atomic mass is 16.3. The number of benzene rings is 1. The number of aryl methyl sites for hydroxylation is 1. The first-order valence-corrected chi connectivity index (χ1v) is 10.1. The van der Waals surface area contributed by atoms with Crippen LogP contribution in [0.15, 0.2) is 23.3 Å². The van der Waals surface area contributed by atoms with Gasteiger partial charge in [-0.05, 0) is 68.7 Å². The van der Waals surface area contributed by atoms with E-state index in [0.717, 1.165) is 30.5 Å². The first-order valence-electron chi connectivity index (χ1n) is 10.1. The lowest BCUT2D eigenvalue weighted by Crippen LogP contribution is -2.47. The van der Waals surface area contributed by atoms with E-state index in [4.69, 9.17) is 0 Å². The zero-order valence-electron chi connectivity index (χ0n) is 15.9. The number of aliphatic hydroxyl groups excluding tert-OH is 2. The van der Waals surface area contributed by atoms with Gasteiger partial charge in [-0.1, -0.05) is 12.5 Å². The molecule has 3 atom stereocenters. The van der Waals surface area contributed by atoms with Crippen molar-refractivity contribution in [3.05, 3.63) is 39.9 Å². The third kappa shape index (κ3) is 3.79. The molecule has 1 aliphatic heterocycles. The molecule has 6 nitrogen and oxygen atoms in total. The van der Waals surface area contributed by atoms with Gasteiger partial charge in [-0.15, -0.1) is 0 Å². The topological polar surface area (TPSA) is 87.4 Å². The number of fused-ring (bicyclic) bond motifs is 1. The summed E-state index contributed by atoms with van der Waals surface area (Å²) in [5.41, 5.74) is 2.92. The van der Waals surface area contributed by atoms with Crippen molar-refractivity contribution >= 4 is 10.9 Å². The molecule has 146 valence electrons. The number of hydrogen-bond acceptors (Lipinski definition) is 5. The Labute approximate surface area is 159 Å². The molecule has 2 aliphatic rings. The lowest BCUT2D eigenvalue weighted by molar-refractivity contribution is 0.0539. The molecule has 1 saturated heterocycles. The highest BCUT2D eigenvalue weighted by Crippen LogP contribution is 2.37. The fraction of sp³-hybridized carbons (Fsp3) is 0.619. The number of hydrogen-bond donors (Lipinski definition) is 3. The van der Waals surface area contributed by atoms with Crippen molar-refractivity contribution in [1.82, 2.24) is 14.9 Å². The Morgan fingerprint density at radius 3 is 2.81 bits per heavy atom. The van der Waals surface area contributed by atoms with Crippen LogP contribution in [0.2, 0.25) is 0 Å². The molecule has 2 aromatic rings. The van der Waals surface area contributed by atoms with Gasteiger partial charge < -0.3 is 15.5 Å². The summed E-state index contributed by atoms with van der Waals surface area (Å²) in [4.78, 5) is 17.5. The van der Waals surface area contributed by atoms with Gasteiger partial charge in [0, 0.05) is 6.04 Å². The van der Waals surface area contributed by atoms with E-state index in [9.17, 15) is 15.0 Å². The van der Waals surface area contributed by atoms with E-state index in [1.165, 1.54) is 35.7 Å². The van der Waals surface area contributed by atoms with Crippen LogP contribution >= 0.6 is 0 Å². The molecule has 27 heavy (non-hydrogen) atoms. The minimum Gasteiger partial charge on any atom is -0.392 e. The molecule has 1 aromatic carbocycles. The second kappa shape index (κ2) is 7.70. The molecule has 0 bridgehead atoms. The van der Waals surface area contributed by atoms with Crippen LogP contribution in [0.1, 0.15) is 55.6 Å². The molecule has 0 amide bonds. The molecule has 3 N–H and O–H groups in total. The summed E-state index contributed by atoms with van der Waals surface area (Å²) in [5.74, 6) is 0.561. The van der Waals surface area contributed by atoms with Gasteiger partial charge in [-0.25, -0.2) is 4.98 Å². The van der Waals surface area contributed by atoms with Crippen LogP contribution in [0.4, 0.5) is 0 Å². The molecular formula is C21H29N3O3. The average Bonchev–Trinajstić information content (AvgIpc) is 2.58. The molecule has 6 heteroatoms. The van der Waals surface area contributed by atoms with E-state index < -0.39 is 12.2 Å². The van der Waals surface area contributed by atoms with Gasteiger partial charge in [0.05, 0.1) is 36.0 Å². The summed E-state index contributed by atoms with van der Waals surface area (Å²) in [6.45, 7) is 3.06. The standard InChI is InChI=1S/C21H29N3O3/c1-13-8-15(14-4-2-5-14)9-17-20(13)23-12-24(21(17)27)11-16(25)10-18-19(26)6-3-7-22-18/h8-9,12,14,16,18-19,22,25-26H,2-7,10-11H2,1H3/t16-,18+,19-/m0/s1. The van der Waals surface area contributed by atoms with Gasteiger partial charge in [0.2, 0.25) is 0 Å². The van der Waals surface area contributed by atoms with Gasteiger partial charge in [0.25, 0.3) is 5.56 Å². The smallest absolute Gasteiger partial charge is 0.261 e. The van der Waals surface area contributed by atoms with Gasteiger partial charge in [-0.3, -0.25) is 9.36 Å². The fourth-order valence-corrected chi connectivity index (χ4v) is 4.35. The van der Waals surface area contributed by atoms with Gasteiger partial charge in [0.1, 0.15) is 0 Å². The molecule has 2 fully saturated rings. The molecule has 0 unspecified atom stereocenters. The summed E-state index contributed by atoms with van der Waals surface area (Å²) < 4.78 is 1.51. The first-order chi connectivity index (χ1) is 13.0. The summed E-state index contributed by atoms with van der Waals surface area (Å²) in [6.07, 6.45) is 6.16. The largest absolute Gasteiger partial charge is 0.392 e. The number of nitrogens with one attached hydrogen (secondary N) is 1. The molecule has 4 rings (SSSR count). The first kappa shape index (κ1) is 18.6. The summed E-state index contributed by atoms with van der Waals surface area (Å²) in [6, 6.07) is 4.04. The highest BCUT2D eigenvalue weighted by Gasteiger charge is 2.25. The third-order valence-corrected chi connectivity index (χ3v) is 6.20. The second-order valence-corrected chi connectivity index (χ2v) is 8.22. The summed E-state index contributed by atoms with van der Waals surface area (Å²) >= 11 is 0. The van der Waals surface area contributed by atoms with Crippen LogP contribution in [0.5, 0.6) is 0 Å². The Kier molecular flexibility index (Phi) is 5.30. The Balaban J connectivity index is 1.56. The van der Waals surface area contributed by atoms with E-state index in [0.29, 0.717) is 17.7 Å². The van der Waals surface area contributed by atoms with Crippen molar-refractivity contribution < 1.29 is 10.2 Å². The van der Waals surface area contributed by atoms with E-state index >= 15 is 0 Å². The van der Waals surface area contributed by atoms with Crippen LogP contribution < -0.4 is 10.9 Å². The Hall–Kier alpha value is -1.76. The molecular weight excluding hydrogens is 342 g/mol. The SMILES string of the molecule is Cc1cc(C2CCC2)cc2c(=O)n(C[C@@H](O)C[C@H]3NCCC[C@@H]3O)cnc12. The van der Waals surface area contributed by atoms with E-state index in [1.807, 2.05) is 13.0 Å². The van der Waals surface area contributed by atoms with Crippen LogP contribution in [0.3, 0.4) is 0 Å². The van der Waals surface area contributed by atoms with E-state index in [1.54, 1.807) is 0 Å². The molecule has 1 aliphatic carbocycles. The quantitative estimate of drug-likeness (QED) is 0.746. The number of nitrogens with zero attached hydrogens (tertiary/aromatic N) is 2. The zero-order chi connectivity index (χ0) is 19.0. The highest BCUT2D eigenvalue weighted by molar-refractivity contribution is 5.81. The molecule has 0 spiro atoms. The average molecular weight is 371 g/mol. The van der Waals surface area contributed by atoms with Crippen molar-refractivity contribution in [2.45, 2.75) is 76.2 Å². The van der Waals surface area contributed by atoms with E-state index in [-0.39, 0.29) is 18.1 Å². The number of aliphatic hydroxyl groups is 2. The molecule has 0 radical (unpaired) electrons. The number of aromatic nitrogens is 2. The Morgan fingerprint density at radius 2 is 2.11 bits per heavy atom. The van der Waals surface area contributed by atoms with Crippen molar-refractivity contribution in [3.8, 4) is 0 Å². The van der Waals surface area contributed by atoms with Crippen LogP contribution in [0.25, 0.3) is 10.9 Å². The molecule has 1 saturated carbocycles. The Bertz CT molecular complexity index is 875. The number of piperidine rings is 1. The predicted octanol–water partition coefficient (Wildman–Crippen LogP) is 1.84. The molecule has 1 aromatic heterocycles. The van der Waals surface area contributed by atoms with Crippen molar-refractivity contribution in [1.29, 1.82) is 0 Å². The lowest BCUT2D eigenvalue weighted by Gasteiger charge is -2.30. The van der Waals surface area contributed by atoms with Crippen LogP contribution in [-0.2, 0) is 6.54 Å².